The maximum absolute atomic E-state index is 13.5. The lowest BCUT2D eigenvalue weighted by Gasteiger charge is -2.19. The number of hydrogen-bond donors (Lipinski definition) is 1. The molecule has 5 heteroatoms. The van der Waals surface area contributed by atoms with Gasteiger partial charge in [0.2, 0.25) is 0 Å². The van der Waals surface area contributed by atoms with Crippen molar-refractivity contribution in [1.82, 2.24) is 5.32 Å². The monoisotopic (exact) mass is 343 g/mol. The van der Waals surface area contributed by atoms with Crippen molar-refractivity contribution in [3.05, 3.63) is 40.1 Å². The third-order valence-corrected chi connectivity index (χ3v) is 2.95. The van der Waals surface area contributed by atoms with Gasteiger partial charge < -0.3 is 10.1 Å². The maximum Gasteiger partial charge on any atom is 0.407 e. The molecule has 0 aromatic heterocycles. The van der Waals surface area contributed by atoms with Crippen LogP contribution in [0.1, 0.15) is 32.8 Å². The van der Waals surface area contributed by atoms with Crippen LogP contribution in [-0.2, 0) is 4.74 Å². The molecule has 0 saturated carbocycles. The van der Waals surface area contributed by atoms with Crippen LogP contribution in [0.4, 0.5) is 9.18 Å². The van der Waals surface area contributed by atoms with Gasteiger partial charge in [0.05, 0.1) is 0 Å². The van der Waals surface area contributed by atoms with E-state index in [1.54, 1.807) is 24.3 Å². The van der Waals surface area contributed by atoms with E-state index in [0.717, 1.165) is 0 Å². The summed E-state index contributed by atoms with van der Waals surface area (Å²) in [5.41, 5.74) is 0.00239. The molecule has 0 aliphatic rings. The maximum atomic E-state index is 13.5. The van der Waals surface area contributed by atoms with E-state index in [1.165, 1.54) is 6.07 Å². The average Bonchev–Trinajstić information content (AvgIpc) is 2.29. The molecule has 0 aliphatic heterocycles. The van der Waals surface area contributed by atoms with Crippen molar-refractivity contribution in [2.24, 2.45) is 0 Å². The smallest absolute Gasteiger partial charge is 0.407 e. The highest BCUT2D eigenvalue weighted by molar-refractivity contribution is 9.10. The predicted molar refractivity (Wildman–Crippen MR) is 82.0 cm³/mol. The Morgan fingerprint density at radius 1 is 1.45 bits per heavy atom. The van der Waals surface area contributed by atoms with E-state index in [0.29, 0.717) is 23.0 Å². The summed E-state index contributed by atoms with van der Waals surface area (Å²) in [6, 6.07) is 4.83. The average molecular weight is 344 g/mol. The Morgan fingerprint density at radius 2 is 2.15 bits per heavy atom. The minimum atomic E-state index is -0.502. The van der Waals surface area contributed by atoms with E-state index in [2.05, 4.69) is 21.2 Å². The molecule has 1 aromatic rings. The summed E-state index contributed by atoms with van der Waals surface area (Å²) in [6.07, 6.45) is 3.65. The first-order chi connectivity index (χ1) is 9.29. The lowest BCUT2D eigenvalue weighted by atomic mass is 10.2. The van der Waals surface area contributed by atoms with Gasteiger partial charge in [-0.25, -0.2) is 9.18 Å². The minimum Gasteiger partial charge on any atom is -0.444 e. The zero-order valence-electron chi connectivity index (χ0n) is 11.9. The van der Waals surface area contributed by atoms with E-state index in [1.807, 2.05) is 20.8 Å². The zero-order chi connectivity index (χ0) is 15.2. The third kappa shape index (κ3) is 6.19. The number of rotatable bonds is 4. The molecule has 0 radical (unpaired) electrons. The highest BCUT2D eigenvalue weighted by atomic mass is 79.9. The van der Waals surface area contributed by atoms with Crippen LogP contribution in [0.5, 0.6) is 0 Å². The number of alkyl carbamates (subject to hydrolysis) is 1. The molecule has 1 rings (SSSR count). The Balaban J connectivity index is 2.38. The number of nitrogens with one attached hydrogen (secondary N) is 1. The van der Waals surface area contributed by atoms with Gasteiger partial charge >= 0.3 is 6.09 Å². The number of halogens is 2. The van der Waals surface area contributed by atoms with Crippen LogP contribution in [0.2, 0.25) is 0 Å². The van der Waals surface area contributed by atoms with Crippen LogP contribution in [0.25, 0.3) is 6.08 Å². The van der Waals surface area contributed by atoms with Gasteiger partial charge in [-0.05, 0) is 39.3 Å². The van der Waals surface area contributed by atoms with Gasteiger partial charge in [0.25, 0.3) is 0 Å². The quantitative estimate of drug-likeness (QED) is 0.816. The SMILES string of the molecule is CC(C)(C)OC(=O)NCCC=Cc1c(F)cccc1Br. The van der Waals surface area contributed by atoms with Gasteiger partial charge in [-0.3, -0.25) is 0 Å². The summed E-state index contributed by atoms with van der Waals surface area (Å²) in [5.74, 6) is -0.282. The molecule has 110 valence electrons. The van der Waals surface area contributed by atoms with Crippen LogP contribution in [-0.4, -0.2) is 18.2 Å². The van der Waals surface area contributed by atoms with E-state index in [9.17, 15) is 9.18 Å². The first-order valence-electron chi connectivity index (χ1n) is 6.37. The topological polar surface area (TPSA) is 38.3 Å². The molecule has 0 fully saturated rings. The molecule has 0 atom stereocenters. The second-order valence-electron chi connectivity index (χ2n) is 5.26. The van der Waals surface area contributed by atoms with Crippen molar-refractivity contribution in [1.29, 1.82) is 0 Å². The van der Waals surface area contributed by atoms with Crippen molar-refractivity contribution in [3.8, 4) is 0 Å². The van der Waals surface area contributed by atoms with Crippen molar-refractivity contribution < 1.29 is 13.9 Å². The van der Waals surface area contributed by atoms with E-state index < -0.39 is 11.7 Å². The highest BCUT2D eigenvalue weighted by Crippen LogP contribution is 2.20. The van der Waals surface area contributed by atoms with Crippen LogP contribution in [0.3, 0.4) is 0 Å². The normalized spacial score (nSPS) is 11.7. The van der Waals surface area contributed by atoms with Crippen LogP contribution in [0, 0.1) is 5.82 Å². The van der Waals surface area contributed by atoms with Crippen LogP contribution >= 0.6 is 15.9 Å². The fourth-order valence-electron chi connectivity index (χ4n) is 1.44. The molecule has 20 heavy (non-hydrogen) atoms. The molecule has 0 saturated heterocycles. The molecular formula is C15H19BrFNO2. The lowest BCUT2D eigenvalue weighted by molar-refractivity contribution is 0.0529. The Hall–Kier alpha value is -1.36. The molecule has 0 bridgehead atoms. The molecule has 0 aliphatic carbocycles. The van der Waals surface area contributed by atoms with Crippen molar-refractivity contribution in [3.63, 3.8) is 0 Å². The second-order valence-corrected chi connectivity index (χ2v) is 6.11. The molecular weight excluding hydrogens is 325 g/mol. The number of hydrogen-bond acceptors (Lipinski definition) is 2. The van der Waals surface area contributed by atoms with E-state index >= 15 is 0 Å². The van der Waals surface area contributed by atoms with Gasteiger partial charge in [-0.1, -0.05) is 34.1 Å². The summed E-state index contributed by atoms with van der Waals surface area (Å²) in [6.45, 7) is 5.87. The summed E-state index contributed by atoms with van der Waals surface area (Å²) in [5, 5.41) is 2.64. The summed E-state index contributed by atoms with van der Waals surface area (Å²) >= 11 is 3.29. The van der Waals surface area contributed by atoms with Crippen molar-refractivity contribution in [2.75, 3.05) is 6.54 Å². The number of carbonyl (C=O) groups excluding carboxylic acids is 1. The Labute approximate surface area is 127 Å². The van der Waals surface area contributed by atoms with Crippen LogP contribution in [0.15, 0.2) is 28.7 Å². The number of ether oxygens (including phenoxy) is 1. The van der Waals surface area contributed by atoms with Crippen molar-refractivity contribution >= 4 is 28.1 Å². The number of benzene rings is 1. The second kappa shape index (κ2) is 7.43. The first-order valence-corrected chi connectivity index (χ1v) is 7.16. The summed E-state index contributed by atoms with van der Waals surface area (Å²) < 4.78 is 19.3. The van der Waals surface area contributed by atoms with E-state index in [4.69, 9.17) is 4.74 Å². The summed E-state index contributed by atoms with van der Waals surface area (Å²) in [4.78, 5) is 11.4. The minimum absolute atomic E-state index is 0.282. The molecule has 1 amide bonds. The third-order valence-electron chi connectivity index (χ3n) is 2.26. The fourth-order valence-corrected chi connectivity index (χ4v) is 1.92. The Kier molecular flexibility index (Phi) is 6.20. The van der Waals surface area contributed by atoms with Gasteiger partial charge in [-0.15, -0.1) is 0 Å². The molecule has 1 N–H and O–H groups in total. The van der Waals surface area contributed by atoms with Gasteiger partial charge in [0.15, 0.2) is 0 Å². The van der Waals surface area contributed by atoms with Crippen LogP contribution < -0.4 is 5.32 Å². The highest BCUT2D eigenvalue weighted by Gasteiger charge is 2.15. The lowest BCUT2D eigenvalue weighted by Crippen LogP contribution is -2.32. The Morgan fingerprint density at radius 3 is 2.75 bits per heavy atom. The van der Waals surface area contributed by atoms with Gasteiger partial charge in [0, 0.05) is 16.6 Å². The van der Waals surface area contributed by atoms with Crippen molar-refractivity contribution in [2.45, 2.75) is 32.8 Å². The predicted octanol–water partition coefficient (Wildman–Crippen LogP) is 4.52. The number of carbonyl (C=O) groups is 1. The largest absolute Gasteiger partial charge is 0.444 e. The number of amides is 1. The summed E-state index contributed by atoms with van der Waals surface area (Å²) in [7, 11) is 0. The standard InChI is InChI=1S/C15H19BrFNO2/c1-15(2,3)20-14(19)18-10-5-4-7-11-12(16)8-6-9-13(11)17/h4,6-9H,5,10H2,1-3H3,(H,18,19). The van der Waals surface area contributed by atoms with Gasteiger partial charge in [0.1, 0.15) is 11.4 Å². The molecule has 3 nitrogen and oxygen atoms in total. The van der Waals surface area contributed by atoms with Gasteiger partial charge in [-0.2, -0.15) is 0 Å². The Bertz CT molecular complexity index is 475. The molecule has 0 heterocycles. The van der Waals surface area contributed by atoms with E-state index in [-0.39, 0.29) is 5.82 Å². The molecule has 0 spiro atoms. The molecule has 0 unspecified atom stereocenters. The molecule has 1 aromatic carbocycles. The first kappa shape index (κ1) is 16.7. The fraction of sp³-hybridized carbons (Fsp3) is 0.400. The zero-order valence-corrected chi connectivity index (χ0v) is 13.5.